The molecule has 1 aromatic carbocycles. The molecule has 1 saturated heterocycles. The number of hydrogen-bond acceptors (Lipinski definition) is 4. The van der Waals surface area contributed by atoms with Crippen LogP contribution in [-0.2, 0) is 16.0 Å². The molecule has 0 unspecified atom stereocenters. The van der Waals surface area contributed by atoms with Gasteiger partial charge in [0.25, 0.3) is 5.91 Å². The largest absolute Gasteiger partial charge is 0.394 e. The second-order valence-electron chi connectivity index (χ2n) is 7.01. The van der Waals surface area contributed by atoms with Crippen molar-refractivity contribution in [1.29, 1.82) is 0 Å². The zero-order valence-corrected chi connectivity index (χ0v) is 16.0. The van der Waals surface area contributed by atoms with E-state index in [1.54, 1.807) is 0 Å². The molecule has 1 heterocycles. The third-order valence-electron chi connectivity index (χ3n) is 5.11. The third kappa shape index (κ3) is 5.79. The molecule has 3 atom stereocenters. The van der Waals surface area contributed by atoms with E-state index >= 15 is 0 Å². The summed E-state index contributed by atoms with van der Waals surface area (Å²) in [5, 5.41) is 14.8. The number of nitrogens with one attached hydrogen (secondary N) is 2. The summed E-state index contributed by atoms with van der Waals surface area (Å²) in [5.41, 5.74) is 1.06. The Bertz CT molecular complexity index is 650. The maximum Gasteiger partial charge on any atom is 0.324 e. The van der Waals surface area contributed by atoms with Crippen molar-refractivity contribution >= 4 is 17.8 Å². The maximum atomic E-state index is 12.5. The van der Waals surface area contributed by atoms with Crippen molar-refractivity contribution in [3.8, 4) is 0 Å². The molecule has 0 radical (unpaired) electrons. The van der Waals surface area contributed by atoms with Gasteiger partial charge in [-0.15, -0.1) is 0 Å². The Hall–Kier alpha value is -2.41. The van der Waals surface area contributed by atoms with Gasteiger partial charge in [-0.1, -0.05) is 50.6 Å². The first-order valence-electron chi connectivity index (χ1n) is 9.52. The van der Waals surface area contributed by atoms with Crippen LogP contribution < -0.4 is 10.6 Å². The van der Waals surface area contributed by atoms with Gasteiger partial charge in [0.05, 0.1) is 12.6 Å². The van der Waals surface area contributed by atoms with Crippen molar-refractivity contribution in [3.63, 3.8) is 0 Å². The number of aliphatic hydroxyl groups is 1. The highest BCUT2D eigenvalue weighted by Crippen LogP contribution is 2.13. The molecule has 0 bridgehead atoms. The van der Waals surface area contributed by atoms with Gasteiger partial charge in [0.2, 0.25) is 5.91 Å². The van der Waals surface area contributed by atoms with Crippen LogP contribution in [0.5, 0.6) is 0 Å². The van der Waals surface area contributed by atoms with Crippen LogP contribution in [0.15, 0.2) is 30.3 Å². The Kier molecular flexibility index (Phi) is 7.79. The molecule has 1 aliphatic heterocycles. The van der Waals surface area contributed by atoms with Crippen molar-refractivity contribution in [2.75, 3.05) is 13.2 Å². The summed E-state index contributed by atoms with van der Waals surface area (Å²) in [6.45, 7) is 4.16. The number of imide groups is 1. The van der Waals surface area contributed by atoms with Crippen LogP contribution in [0.4, 0.5) is 4.79 Å². The SMILES string of the molecule is CC[C@H](C)[C@@H](CO)NC(=O)CC[C@H]1NC(=O)N(CCc2ccccc2)C1=O. The second kappa shape index (κ2) is 10.1. The number of aliphatic hydroxyl groups excluding tert-OH is 1. The number of urea groups is 1. The molecule has 7 heteroatoms. The third-order valence-corrected chi connectivity index (χ3v) is 5.11. The standard InChI is InChI=1S/C20H29N3O4/c1-3-14(2)17(13-24)21-18(25)10-9-16-19(26)23(20(27)22-16)12-11-15-7-5-4-6-8-15/h4-8,14,16-17,24H,3,9-13H2,1-2H3,(H,21,25)(H,22,27)/t14-,16+,17+/m0/s1. The van der Waals surface area contributed by atoms with Gasteiger partial charge in [-0.2, -0.15) is 0 Å². The zero-order valence-electron chi connectivity index (χ0n) is 16.0. The highest BCUT2D eigenvalue weighted by molar-refractivity contribution is 6.04. The molecule has 27 heavy (non-hydrogen) atoms. The number of benzene rings is 1. The number of carbonyl (C=O) groups excluding carboxylic acids is 3. The van der Waals surface area contributed by atoms with Crippen LogP contribution in [-0.4, -0.2) is 53.1 Å². The Labute approximate surface area is 160 Å². The van der Waals surface area contributed by atoms with Gasteiger partial charge >= 0.3 is 6.03 Å². The topological polar surface area (TPSA) is 98.7 Å². The molecule has 2 rings (SSSR count). The van der Waals surface area contributed by atoms with E-state index in [9.17, 15) is 19.5 Å². The van der Waals surface area contributed by atoms with Gasteiger partial charge in [-0.3, -0.25) is 14.5 Å². The summed E-state index contributed by atoms with van der Waals surface area (Å²) in [5.74, 6) is -0.344. The van der Waals surface area contributed by atoms with E-state index in [4.69, 9.17) is 0 Å². The smallest absolute Gasteiger partial charge is 0.324 e. The lowest BCUT2D eigenvalue weighted by atomic mass is 9.99. The van der Waals surface area contributed by atoms with E-state index in [0.717, 1.165) is 12.0 Å². The van der Waals surface area contributed by atoms with E-state index in [1.165, 1.54) is 4.90 Å². The first kappa shape index (κ1) is 20.9. The Morgan fingerprint density at radius 1 is 1.30 bits per heavy atom. The average molecular weight is 375 g/mol. The Morgan fingerprint density at radius 3 is 2.63 bits per heavy atom. The van der Waals surface area contributed by atoms with E-state index < -0.39 is 12.1 Å². The molecule has 0 aliphatic carbocycles. The van der Waals surface area contributed by atoms with Crippen molar-refractivity contribution in [2.24, 2.45) is 5.92 Å². The molecule has 148 valence electrons. The Morgan fingerprint density at radius 2 is 2.00 bits per heavy atom. The van der Waals surface area contributed by atoms with Crippen LogP contribution >= 0.6 is 0 Å². The summed E-state index contributed by atoms with van der Waals surface area (Å²) < 4.78 is 0. The molecular formula is C20H29N3O4. The summed E-state index contributed by atoms with van der Waals surface area (Å²) in [7, 11) is 0. The number of amides is 4. The lowest BCUT2D eigenvalue weighted by Crippen LogP contribution is -2.42. The van der Waals surface area contributed by atoms with Crippen molar-refractivity contribution in [1.82, 2.24) is 15.5 Å². The second-order valence-corrected chi connectivity index (χ2v) is 7.01. The van der Waals surface area contributed by atoms with Crippen LogP contribution in [0.1, 0.15) is 38.7 Å². The molecule has 0 aromatic heterocycles. The maximum absolute atomic E-state index is 12.5. The molecule has 0 saturated carbocycles. The highest BCUT2D eigenvalue weighted by atomic mass is 16.3. The fourth-order valence-corrected chi connectivity index (χ4v) is 3.08. The van der Waals surface area contributed by atoms with Gasteiger partial charge in [0, 0.05) is 13.0 Å². The van der Waals surface area contributed by atoms with E-state index in [-0.39, 0.29) is 43.2 Å². The minimum absolute atomic E-state index is 0.118. The quantitative estimate of drug-likeness (QED) is 0.539. The zero-order chi connectivity index (χ0) is 19.8. The first-order chi connectivity index (χ1) is 13.0. The van der Waals surface area contributed by atoms with E-state index in [0.29, 0.717) is 13.0 Å². The molecule has 1 aliphatic rings. The average Bonchev–Trinajstić information content (AvgIpc) is 2.96. The molecule has 1 fully saturated rings. The van der Waals surface area contributed by atoms with E-state index in [2.05, 4.69) is 10.6 Å². The molecular weight excluding hydrogens is 346 g/mol. The Balaban J connectivity index is 1.81. The first-order valence-corrected chi connectivity index (χ1v) is 9.52. The van der Waals surface area contributed by atoms with Gasteiger partial charge in [0.15, 0.2) is 0 Å². The lowest BCUT2D eigenvalue weighted by Gasteiger charge is -2.22. The monoisotopic (exact) mass is 375 g/mol. The van der Waals surface area contributed by atoms with Gasteiger partial charge in [0.1, 0.15) is 6.04 Å². The molecule has 0 spiro atoms. The summed E-state index contributed by atoms with van der Waals surface area (Å²) in [6.07, 6.45) is 1.81. The molecule has 1 aromatic rings. The van der Waals surface area contributed by atoms with Gasteiger partial charge in [-0.05, 0) is 24.3 Å². The van der Waals surface area contributed by atoms with E-state index in [1.807, 2.05) is 44.2 Å². The minimum atomic E-state index is -0.671. The predicted molar refractivity (Wildman–Crippen MR) is 102 cm³/mol. The van der Waals surface area contributed by atoms with Crippen molar-refractivity contribution in [2.45, 2.75) is 51.6 Å². The van der Waals surface area contributed by atoms with Crippen LogP contribution in [0.3, 0.4) is 0 Å². The number of rotatable bonds is 10. The summed E-state index contributed by atoms with van der Waals surface area (Å²) >= 11 is 0. The fourth-order valence-electron chi connectivity index (χ4n) is 3.08. The molecule has 7 nitrogen and oxygen atoms in total. The van der Waals surface area contributed by atoms with Gasteiger partial charge < -0.3 is 15.7 Å². The van der Waals surface area contributed by atoms with Crippen LogP contribution in [0.25, 0.3) is 0 Å². The van der Waals surface area contributed by atoms with Gasteiger partial charge in [-0.25, -0.2) is 4.79 Å². The fraction of sp³-hybridized carbons (Fsp3) is 0.550. The number of hydrogen-bond donors (Lipinski definition) is 3. The minimum Gasteiger partial charge on any atom is -0.394 e. The van der Waals surface area contributed by atoms with Crippen LogP contribution in [0.2, 0.25) is 0 Å². The predicted octanol–water partition coefficient (Wildman–Crippen LogP) is 1.45. The van der Waals surface area contributed by atoms with Crippen molar-refractivity contribution in [3.05, 3.63) is 35.9 Å². The lowest BCUT2D eigenvalue weighted by molar-refractivity contribution is -0.127. The normalized spacial score (nSPS) is 18.9. The van der Waals surface area contributed by atoms with Crippen LogP contribution in [0, 0.1) is 5.92 Å². The molecule has 3 N–H and O–H groups in total. The van der Waals surface area contributed by atoms with Crippen molar-refractivity contribution < 1.29 is 19.5 Å². The highest BCUT2D eigenvalue weighted by Gasteiger charge is 2.37. The molecule has 4 amide bonds. The summed E-state index contributed by atoms with van der Waals surface area (Å²) in [6, 6.07) is 8.29. The number of nitrogens with zero attached hydrogens (tertiary/aromatic N) is 1. The number of carbonyl (C=O) groups is 3. The summed E-state index contributed by atoms with van der Waals surface area (Å²) in [4.78, 5) is 37.9.